The first kappa shape index (κ1) is 30.8. The van der Waals surface area contributed by atoms with Crippen LogP contribution in [-0.2, 0) is 9.59 Å². The van der Waals surface area contributed by atoms with Crippen LogP contribution < -0.4 is 0 Å². The van der Waals surface area contributed by atoms with Gasteiger partial charge in [0.25, 0.3) is 0 Å². The highest BCUT2D eigenvalue weighted by Gasteiger charge is 2.60. The third-order valence-corrected chi connectivity index (χ3v) is 12.1. The van der Waals surface area contributed by atoms with Crippen LogP contribution >= 0.6 is 0 Å². The van der Waals surface area contributed by atoms with Gasteiger partial charge >= 0.3 is 0 Å². The zero-order chi connectivity index (χ0) is 28.0. The van der Waals surface area contributed by atoms with Crippen LogP contribution in [0.1, 0.15) is 143 Å². The van der Waals surface area contributed by atoms with Crippen molar-refractivity contribution in [2.24, 2.45) is 34.5 Å². The van der Waals surface area contributed by atoms with Crippen LogP contribution in [0.3, 0.4) is 0 Å². The highest BCUT2D eigenvalue weighted by molar-refractivity contribution is 5.91. The molecular weight excluding hydrogens is 482 g/mol. The lowest BCUT2D eigenvalue weighted by molar-refractivity contribution is -0.130. The molecule has 4 aliphatic rings. The van der Waals surface area contributed by atoms with Crippen LogP contribution in [-0.4, -0.2) is 41.4 Å². The average Bonchev–Trinajstić information content (AvgIpc) is 3.22. The molecular formula is C35H59NO3. The Labute approximate surface area is 239 Å². The molecule has 0 aromatic rings. The van der Waals surface area contributed by atoms with Gasteiger partial charge in [-0.3, -0.25) is 9.59 Å². The summed E-state index contributed by atoms with van der Waals surface area (Å²) in [5, 5.41) is 10.9. The number of unbranched alkanes of at least 4 members (excludes halogenated alkanes) is 8. The smallest absolute Gasteiger partial charge is 0.222 e. The lowest BCUT2D eigenvalue weighted by Gasteiger charge is -2.60. The van der Waals surface area contributed by atoms with Crippen molar-refractivity contribution in [2.45, 2.75) is 149 Å². The molecule has 4 rings (SSSR count). The summed E-state index contributed by atoms with van der Waals surface area (Å²) in [6, 6.07) is 0. The summed E-state index contributed by atoms with van der Waals surface area (Å²) in [4.78, 5) is 26.5. The normalized spacial score (nSPS) is 35.7. The number of ketones is 1. The van der Waals surface area contributed by atoms with Gasteiger partial charge in [-0.15, -0.1) is 0 Å². The third-order valence-electron chi connectivity index (χ3n) is 12.1. The molecule has 0 aromatic carbocycles. The van der Waals surface area contributed by atoms with Gasteiger partial charge in [0.15, 0.2) is 5.78 Å². The maximum Gasteiger partial charge on any atom is 0.222 e. The number of aliphatic hydroxyl groups is 1. The zero-order valence-corrected chi connectivity index (χ0v) is 25.8. The molecule has 0 aromatic heterocycles. The van der Waals surface area contributed by atoms with E-state index in [9.17, 15) is 14.7 Å². The monoisotopic (exact) mass is 541 g/mol. The quantitative estimate of drug-likeness (QED) is 0.225. The molecule has 0 heterocycles. The maximum atomic E-state index is 12.4. The Kier molecular flexibility index (Phi) is 10.8. The van der Waals surface area contributed by atoms with E-state index in [4.69, 9.17) is 0 Å². The molecule has 4 nitrogen and oxygen atoms in total. The standard InChI is InChI=1S/C35H59NO3/c1-5-6-23-36(4)32(39)16-14-12-10-8-7-9-11-13-15-26-24-27-25-28(37)19-21-34(27,2)30-20-22-35(3)29(33(26)30)17-18-31(35)38/h25-26,29-31,33,38H,5-24H2,1-4H3/t26-,29?,30?,31+,33?,34+,35+/m1/s1. The van der Waals surface area contributed by atoms with E-state index < -0.39 is 0 Å². The van der Waals surface area contributed by atoms with Crippen LogP contribution in [0, 0.1) is 34.5 Å². The fraction of sp³-hybridized carbons (Fsp3) is 0.886. The summed E-state index contributed by atoms with van der Waals surface area (Å²) in [6.07, 6.45) is 23.6. The molecule has 0 aliphatic heterocycles. The minimum atomic E-state index is -0.123. The molecule has 3 fully saturated rings. The largest absolute Gasteiger partial charge is 0.393 e. The summed E-state index contributed by atoms with van der Waals surface area (Å²) >= 11 is 0. The Morgan fingerprint density at radius 3 is 2.36 bits per heavy atom. The summed E-state index contributed by atoms with van der Waals surface area (Å²) in [5.74, 6) is 3.42. The number of carbonyl (C=O) groups excluding carboxylic acids is 2. The minimum Gasteiger partial charge on any atom is -0.393 e. The summed E-state index contributed by atoms with van der Waals surface area (Å²) < 4.78 is 0. The topological polar surface area (TPSA) is 57.6 Å². The summed E-state index contributed by atoms with van der Waals surface area (Å²) in [7, 11) is 1.94. The van der Waals surface area contributed by atoms with Gasteiger partial charge in [-0.25, -0.2) is 0 Å². The zero-order valence-electron chi connectivity index (χ0n) is 25.8. The lowest BCUT2D eigenvalue weighted by atomic mass is 9.44. The van der Waals surface area contributed by atoms with Crippen molar-refractivity contribution in [3.63, 3.8) is 0 Å². The van der Waals surface area contributed by atoms with Crippen molar-refractivity contribution in [2.75, 3.05) is 13.6 Å². The molecule has 4 heteroatoms. The molecule has 3 unspecified atom stereocenters. The first-order chi connectivity index (χ1) is 18.7. The number of aliphatic hydroxyl groups excluding tert-OH is 1. The molecule has 7 atom stereocenters. The number of nitrogens with zero attached hydrogens (tertiary/aromatic N) is 1. The van der Waals surface area contributed by atoms with Crippen LogP contribution in [0.4, 0.5) is 0 Å². The Bertz CT molecular complexity index is 866. The molecule has 0 saturated heterocycles. The van der Waals surface area contributed by atoms with E-state index >= 15 is 0 Å². The van der Waals surface area contributed by atoms with E-state index in [1.54, 1.807) is 0 Å². The Morgan fingerprint density at radius 1 is 0.949 bits per heavy atom. The first-order valence-corrected chi connectivity index (χ1v) is 16.9. The van der Waals surface area contributed by atoms with Gasteiger partial charge < -0.3 is 10.0 Å². The summed E-state index contributed by atoms with van der Waals surface area (Å²) in [5.41, 5.74) is 1.79. The Morgan fingerprint density at radius 2 is 1.64 bits per heavy atom. The van der Waals surface area contributed by atoms with Crippen molar-refractivity contribution in [3.05, 3.63) is 11.6 Å². The molecule has 39 heavy (non-hydrogen) atoms. The van der Waals surface area contributed by atoms with Gasteiger partial charge in [-0.1, -0.05) is 77.7 Å². The number of fused-ring (bicyclic) bond motifs is 5. The highest BCUT2D eigenvalue weighted by Crippen LogP contribution is 2.67. The number of hydrogen-bond acceptors (Lipinski definition) is 3. The fourth-order valence-electron chi connectivity index (χ4n) is 9.43. The molecule has 0 radical (unpaired) electrons. The predicted octanol–water partition coefficient (Wildman–Crippen LogP) is 8.26. The number of amides is 1. The number of allylic oxidation sites excluding steroid dienone is 1. The van der Waals surface area contributed by atoms with Crippen molar-refractivity contribution < 1.29 is 14.7 Å². The molecule has 1 amide bonds. The Hall–Kier alpha value is -1.16. The van der Waals surface area contributed by atoms with Crippen molar-refractivity contribution >= 4 is 11.7 Å². The number of carbonyl (C=O) groups is 2. The van der Waals surface area contributed by atoms with Gasteiger partial charge in [0.2, 0.25) is 5.91 Å². The second kappa shape index (κ2) is 13.7. The number of rotatable bonds is 14. The van der Waals surface area contributed by atoms with Gasteiger partial charge in [0.1, 0.15) is 0 Å². The van der Waals surface area contributed by atoms with Crippen molar-refractivity contribution in [3.8, 4) is 0 Å². The van der Waals surface area contributed by atoms with Crippen molar-refractivity contribution in [1.29, 1.82) is 0 Å². The van der Waals surface area contributed by atoms with Crippen LogP contribution in [0.5, 0.6) is 0 Å². The predicted molar refractivity (Wildman–Crippen MR) is 160 cm³/mol. The average molecular weight is 542 g/mol. The summed E-state index contributed by atoms with van der Waals surface area (Å²) in [6.45, 7) is 7.94. The minimum absolute atomic E-state index is 0.108. The SMILES string of the molecule is CCCCN(C)C(=O)CCCCCCCCCC[C@@H]1CC2=CC(=O)CC[C@]2(C)C2CC[C@@]3(C)C(CC[C@@H]3O)C21. The first-order valence-electron chi connectivity index (χ1n) is 16.9. The van der Waals surface area contributed by atoms with Gasteiger partial charge in [0, 0.05) is 26.4 Å². The van der Waals surface area contributed by atoms with Gasteiger partial charge in [0.05, 0.1) is 6.10 Å². The lowest BCUT2D eigenvalue weighted by Crippen LogP contribution is -2.54. The maximum absolute atomic E-state index is 12.4. The fourth-order valence-corrected chi connectivity index (χ4v) is 9.43. The van der Waals surface area contributed by atoms with E-state index in [-0.39, 0.29) is 16.9 Å². The van der Waals surface area contributed by atoms with Crippen molar-refractivity contribution in [1.82, 2.24) is 4.90 Å². The van der Waals surface area contributed by atoms with Crippen LogP contribution in [0.2, 0.25) is 0 Å². The van der Waals surface area contributed by atoms with E-state index in [2.05, 4.69) is 26.8 Å². The van der Waals surface area contributed by atoms with E-state index in [0.717, 1.165) is 63.8 Å². The van der Waals surface area contributed by atoms with Crippen LogP contribution in [0.25, 0.3) is 0 Å². The van der Waals surface area contributed by atoms with Gasteiger partial charge in [-0.2, -0.15) is 0 Å². The van der Waals surface area contributed by atoms with Gasteiger partial charge in [-0.05, 0) is 98.4 Å². The van der Waals surface area contributed by atoms with E-state index in [0.29, 0.717) is 35.9 Å². The molecule has 4 aliphatic carbocycles. The second-order valence-electron chi connectivity index (χ2n) is 14.5. The second-order valence-corrected chi connectivity index (χ2v) is 14.5. The molecule has 3 saturated carbocycles. The van der Waals surface area contributed by atoms with Crippen LogP contribution in [0.15, 0.2) is 11.6 Å². The Balaban J connectivity index is 1.21. The van der Waals surface area contributed by atoms with E-state index in [1.807, 2.05) is 11.9 Å². The number of hydrogen-bond donors (Lipinski definition) is 1. The molecule has 1 N–H and O–H groups in total. The molecule has 222 valence electrons. The third kappa shape index (κ3) is 6.84. The molecule has 0 spiro atoms. The van der Waals surface area contributed by atoms with E-state index in [1.165, 1.54) is 69.8 Å². The highest BCUT2D eigenvalue weighted by atomic mass is 16.3. The molecule has 0 bridgehead atoms.